The van der Waals surface area contributed by atoms with Crippen molar-refractivity contribution in [3.63, 3.8) is 0 Å². The van der Waals surface area contributed by atoms with Crippen molar-refractivity contribution in [1.82, 2.24) is 15.0 Å². The summed E-state index contributed by atoms with van der Waals surface area (Å²) in [6.07, 6.45) is 0. The molecule has 0 aliphatic carbocycles. The Kier molecular flexibility index (Phi) is 4.62. The molecule has 30 heavy (non-hydrogen) atoms. The number of hydrogen-bond acceptors (Lipinski definition) is 2. The lowest BCUT2D eigenvalue weighted by Gasteiger charge is -2.00. The van der Waals surface area contributed by atoms with Crippen LogP contribution in [0.5, 0.6) is 0 Å². The summed E-state index contributed by atoms with van der Waals surface area (Å²) in [5.41, 5.74) is 4.24. The first kappa shape index (κ1) is 17.9. The molecule has 0 atom stereocenters. The molecule has 0 unspecified atom stereocenters. The molecule has 144 valence electrons. The maximum Gasteiger partial charge on any atom is 0.340 e. The third-order valence-electron chi connectivity index (χ3n) is 4.86. The Labute approximate surface area is 173 Å². The summed E-state index contributed by atoms with van der Waals surface area (Å²) >= 11 is 0. The van der Waals surface area contributed by atoms with Crippen molar-refractivity contribution in [3.05, 3.63) is 115 Å². The lowest BCUT2D eigenvalue weighted by atomic mass is 10.0. The van der Waals surface area contributed by atoms with E-state index in [1.807, 2.05) is 72.8 Å². The minimum absolute atomic E-state index is 0.334. The number of rotatable bonds is 4. The number of aromatic nitrogens is 4. The summed E-state index contributed by atoms with van der Waals surface area (Å²) in [5.74, 6) is 0.153. The van der Waals surface area contributed by atoms with Gasteiger partial charge in [-0.2, -0.15) is 0 Å². The quantitative estimate of drug-likeness (QED) is 0.402. The number of para-hydroxylation sites is 2. The zero-order valence-electron chi connectivity index (χ0n) is 16.1. The monoisotopic (exact) mass is 393 g/mol. The van der Waals surface area contributed by atoms with Crippen molar-refractivity contribution in [1.29, 1.82) is 0 Å². The van der Waals surface area contributed by atoms with Crippen molar-refractivity contribution in [2.45, 2.75) is 0 Å². The first-order valence-corrected chi connectivity index (χ1v) is 9.65. The highest BCUT2D eigenvalue weighted by Crippen LogP contribution is 2.23. The van der Waals surface area contributed by atoms with Crippen molar-refractivity contribution >= 4 is 0 Å². The number of benzene rings is 4. The summed E-state index contributed by atoms with van der Waals surface area (Å²) in [6.45, 7) is 0. The molecule has 0 saturated carbocycles. The molecule has 0 saturated heterocycles. The van der Waals surface area contributed by atoms with Crippen molar-refractivity contribution < 1.29 is 9.19 Å². The molecule has 4 nitrogen and oxygen atoms in total. The molecule has 0 fully saturated rings. The van der Waals surface area contributed by atoms with Crippen LogP contribution in [-0.2, 0) is 0 Å². The predicted molar refractivity (Wildman–Crippen MR) is 114 cm³/mol. The highest BCUT2D eigenvalue weighted by molar-refractivity contribution is 5.67. The molecule has 0 aliphatic heterocycles. The molecular weight excluding hydrogens is 375 g/mol. The number of tetrazole rings is 1. The van der Waals surface area contributed by atoms with Gasteiger partial charge >= 0.3 is 5.82 Å². The summed E-state index contributed by atoms with van der Waals surface area (Å²) in [6, 6.07) is 34.4. The maximum atomic E-state index is 14.5. The fourth-order valence-electron chi connectivity index (χ4n) is 3.34. The zero-order valence-corrected chi connectivity index (χ0v) is 16.1. The van der Waals surface area contributed by atoms with Crippen molar-refractivity contribution in [3.8, 4) is 33.9 Å². The number of hydrogen-bond donors (Lipinski definition) is 0. The summed E-state index contributed by atoms with van der Waals surface area (Å²) in [4.78, 5) is 3.10. The van der Waals surface area contributed by atoms with Gasteiger partial charge in [-0.25, -0.2) is 4.39 Å². The smallest absolute Gasteiger partial charge is 0.202 e. The van der Waals surface area contributed by atoms with Gasteiger partial charge in [0.25, 0.3) is 0 Å². The summed E-state index contributed by atoms with van der Waals surface area (Å²) < 4.78 is 14.5. The Morgan fingerprint density at radius 1 is 0.600 bits per heavy atom. The fraction of sp³-hybridized carbons (Fsp3) is 0. The third kappa shape index (κ3) is 3.37. The topological polar surface area (TPSA) is 34.6 Å². The first-order chi connectivity index (χ1) is 14.8. The number of halogens is 1. The van der Waals surface area contributed by atoms with Crippen LogP contribution in [0.2, 0.25) is 0 Å². The minimum atomic E-state index is -0.363. The van der Waals surface area contributed by atoms with Crippen molar-refractivity contribution in [2.75, 3.05) is 0 Å². The molecular formula is C25H18FN4+. The highest BCUT2D eigenvalue weighted by atomic mass is 19.1. The van der Waals surface area contributed by atoms with Gasteiger partial charge in [0, 0.05) is 4.80 Å². The van der Waals surface area contributed by atoms with Gasteiger partial charge < -0.3 is 0 Å². The Balaban J connectivity index is 1.61. The minimum Gasteiger partial charge on any atom is -0.202 e. The lowest BCUT2D eigenvalue weighted by molar-refractivity contribution is -0.736. The second-order valence-corrected chi connectivity index (χ2v) is 6.83. The average molecular weight is 393 g/mol. The van der Waals surface area contributed by atoms with Gasteiger partial charge in [0.15, 0.2) is 5.82 Å². The normalized spacial score (nSPS) is 10.8. The Hall–Kier alpha value is -4.12. The third-order valence-corrected chi connectivity index (χ3v) is 4.86. The Morgan fingerprint density at radius 2 is 1.17 bits per heavy atom. The van der Waals surface area contributed by atoms with Crippen LogP contribution in [0.25, 0.3) is 33.9 Å². The average Bonchev–Trinajstić information content (AvgIpc) is 3.26. The van der Waals surface area contributed by atoms with E-state index in [0.717, 1.165) is 22.4 Å². The van der Waals surface area contributed by atoms with Crippen LogP contribution in [0, 0.1) is 5.82 Å². The van der Waals surface area contributed by atoms with Gasteiger partial charge in [-0.1, -0.05) is 72.8 Å². The zero-order chi connectivity index (χ0) is 20.3. The highest BCUT2D eigenvalue weighted by Gasteiger charge is 2.25. The van der Waals surface area contributed by atoms with E-state index in [1.54, 1.807) is 23.0 Å². The van der Waals surface area contributed by atoms with E-state index in [-0.39, 0.29) is 5.82 Å². The van der Waals surface area contributed by atoms with E-state index in [2.05, 4.69) is 22.3 Å². The molecule has 0 N–H and O–H groups in total. The van der Waals surface area contributed by atoms with Crippen LogP contribution < -0.4 is 4.80 Å². The van der Waals surface area contributed by atoms with Gasteiger partial charge in [-0.05, 0) is 57.4 Å². The largest absolute Gasteiger partial charge is 0.340 e. The van der Waals surface area contributed by atoms with Gasteiger partial charge in [0.05, 0.1) is 10.7 Å². The first-order valence-electron chi connectivity index (χ1n) is 9.65. The molecule has 0 amide bonds. The Morgan fingerprint density at radius 3 is 1.87 bits per heavy atom. The predicted octanol–water partition coefficient (Wildman–Crippen LogP) is 5.02. The summed E-state index contributed by atoms with van der Waals surface area (Å²) in [7, 11) is 0. The molecule has 0 aliphatic rings. The second-order valence-electron chi connectivity index (χ2n) is 6.83. The standard InChI is InChI=1S/C25H18FN4/c26-23-13-7-8-14-24(23)30-28-25(27-29(30)22-11-5-2-6-12-22)21-17-15-20(16-18-21)19-9-3-1-4-10-19/h1-18H/q+1. The molecule has 5 heteroatoms. The molecule has 0 spiro atoms. The van der Waals surface area contributed by atoms with Crippen LogP contribution in [0.4, 0.5) is 4.39 Å². The van der Waals surface area contributed by atoms with Crippen LogP contribution >= 0.6 is 0 Å². The molecule has 5 rings (SSSR count). The fourth-order valence-corrected chi connectivity index (χ4v) is 3.34. The number of nitrogens with zero attached hydrogens (tertiary/aromatic N) is 4. The molecule has 1 aromatic heterocycles. The maximum absolute atomic E-state index is 14.5. The van der Waals surface area contributed by atoms with Gasteiger partial charge in [-0.15, -0.1) is 0 Å². The molecule has 5 aromatic rings. The van der Waals surface area contributed by atoms with Gasteiger partial charge in [-0.3, -0.25) is 0 Å². The van der Waals surface area contributed by atoms with E-state index in [0.29, 0.717) is 11.5 Å². The molecule has 0 bridgehead atoms. The molecule has 1 heterocycles. The molecule has 4 aromatic carbocycles. The van der Waals surface area contributed by atoms with Crippen LogP contribution in [-0.4, -0.2) is 15.0 Å². The van der Waals surface area contributed by atoms with E-state index in [1.165, 1.54) is 10.9 Å². The summed E-state index contributed by atoms with van der Waals surface area (Å²) in [5, 5.41) is 9.29. The van der Waals surface area contributed by atoms with Crippen LogP contribution in [0.1, 0.15) is 0 Å². The SMILES string of the molecule is Fc1ccccc1-[n+]1nc(-c2ccc(-c3ccccc3)cc2)nn1-c1ccccc1. The Bertz CT molecular complexity index is 1280. The van der Waals surface area contributed by atoms with E-state index in [9.17, 15) is 4.39 Å². The van der Waals surface area contributed by atoms with Crippen LogP contribution in [0.15, 0.2) is 109 Å². The lowest BCUT2D eigenvalue weighted by Crippen LogP contribution is -2.44. The van der Waals surface area contributed by atoms with Crippen LogP contribution in [0.3, 0.4) is 0 Å². The molecule has 0 radical (unpaired) electrons. The van der Waals surface area contributed by atoms with E-state index in [4.69, 9.17) is 0 Å². The van der Waals surface area contributed by atoms with Gasteiger partial charge in [0.1, 0.15) is 5.69 Å². The van der Waals surface area contributed by atoms with Crippen molar-refractivity contribution in [2.24, 2.45) is 0 Å². The van der Waals surface area contributed by atoms with E-state index < -0.39 is 0 Å². The van der Waals surface area contributed by atoms with E-state index >= 15 is 0 Å². The van der Waals surface area contributed by atoms with Gasteiger partial charge in [0.2, 0.25) is 5.69 Å². The second kappa shape index (κ2) is 7.72.